The fraction of sp³-hybridized carbons (Fsp3) is 0.407. The molecule has 0 unspecified atom stereocenters. The number of phenolic OH excluding ortho intramolecular Hbond substituents is 1. The molecule has 0 aliphatic carbocycles. The van der Waals surface area contributed by atoms with E-state index in [9.17, 15) is 24.3 Å². The van der Waals surface area contributed by atoms with Gasteiger partial charge in [0, 0.05) is 12.5 Å². The van der Waals surface area contributed by atoms with Gasteiger partial charge in [-0.25, -0.2) is 0 Å². The minimum Gasteiger partial charge on any atom is -0.508 e. The molecule has 0 fully saturated rings. The van der Waals surface area contributed by atoms with Crippen molar-refractivity contribution >= 4 is 23.6 Å². The van der Waals surface area contributed by atoms with Gasteiger partial charge >= 0.3 is 0 Å². The molecule has 0 radical (unpaired) electrons. The lowest BCUT2D eigenvalue weighted by molar-refractivity contribution is -0.140. The molecule has 10 nitrogen and oxygen atoms in total. The summed E-state index contributed by atoms with van der Waals surface area (Å²) in [5.74, 6) is -2.39. The summed E-state index contributed by atoms with van der Waals surface area (Å²) in [5, 5.41) is 15.1. The molecule has 1 aliphatic rings. The van der Waals surface area contributed by atoms with Gasteiger partial charge in [-0.2, -0.15) is 0 Å². The van der Waals surface area contributed by atoms with Crippen LogP contribution in [0.1, 0.15) is 47.6 Å². The van der Waals surface area contributed by atoms with Crippen LogP contribution in [-0.4, -0.2) is 58.3 Å². The Bertz CT molecular complexity index is 1190. The molecule has 3 rings (SSSR count). The van der Waals surface area contributed by atoms with Crippen molar-refractivity contribution < 1.29 is 24.3 Å². The largest absolute Gasteiger partial charge is 0.508 e. The molecule has 2 aromatic carbocycles. The molecule has 4 amide bonds. The van der Waals surface area contributed by atoms with E-state index in [4.69, 9.17) is 11.5 Å². The SMILES string of the molecule is Cc1cc(O)cc(C)c1C[C@H](N)C(=O)N[C@H](C)C(=O)N[C@H]1C(=O)N(CC(N)=O)Cc2ccccc2[C@@H]1C. The Morgan fingerprint density at radius 3 is 2.38 bits per heavy atom. The lowest BCUT2D eigenvalue weighted by Gasteiger charge is -2.28. The number of benzene rings is 2. The molecule has 7 N–H and O–H groups in total. The van der Waals surface area contributed by atoms with E-state index in [0.717, 1.165) is 27.8 Å². The maximum Gasteiger partial charge on any atom is 0.246 e. The van der Waals surface area contributed by atoms with Gasteiger partial charge in [-0.05, 0) is 67.1 Å². The number of primary amides is 1. The number of hydrogen-bond acceptors (Lipinski definition) is 6. The smallest absolute Gasteiger partial charge is 0.246 e. The second-order valence-corrected chi connectivity index (χ2v) is 9.73. The quantitative estimate of drug-likeness (QED) is 0.347. The lowest BCUT2D eigenvalue weighted by Crippen LogP contribution is -2.56. The summed E-state index contributed by atoms with van der Waals surface area (Å²) >= 11 is 0. The van der Waals surface area contributed by atoms with Crippen molar-refractivity contribution in [1.82, 2.24) is 15.5 Å². The highest BCUT2D eigenvalue weighted by Gasteiger charge is 2.37. The first kappa shape index (κ1) is 27.7. The van der Waals surface area contributed by atoms with Crippen molar-refractivity contribution in [2.45, 2.75) is 64.7 Å². The number of nitrogens with zero attached hydrogens (tertiary/aromatic N) is 1. The third kappa shape index (κ3) is 6.45. The van der Waals surface area contributed by atoms with Gasteiger partial charge in [0.25, 0.3) is 0 Å². The van der Waals surface area contributed by atoms with E-state index in [1.165, 1.54) is 11.8 Å². The van der Waals surface area contributed by atoms with Crippen molar-refractivity contribution in [3.8, 4) is 5.75 Å². The highest BCUT2D eigenvalue weighted by atomic mass is 16.3. The fourth-order valence-electron chi connectivity index (χ4n) is 4.77. The van der Waals surface area contributed by atoms with Gasteiger partial charge in [-0.3, -0.25) is 19.2 Å². The third-order valence-corrected chi connectivity index (χ3v) is 6.82. The Morgan fingerprint density at radius 1 is 1.14 bits per heavy atom. The number of aryl methyl sites for hydroxylation is 2. The standard InChI is InChI=1S/C27H35N5O5/c1-14-9-19(33)10-15(2)21(14)11-22(28)26(36)30-17(4)25(35)31-24-16(3)20-8-6-5-7-18(20)12-32(27(24)37)13-23(29)34/h5-10,16-17,22,24,33H,11-13,28H2,1-4H3,(H2,29,34)(H,30,36)(H,31,35)/t16-,17+,22-,24+/m0/s1. The molecule has 4 atom stereocenters. The van der Waals surface area contributed by atoms with Gasteiger partial charge in [0.2, 0.25) is 23.6 Å². The van der Waals surface area contributed by atoms with E-state index >= 15 is 0 Å². The molecular weight excluding hydrogens is 474 g/mol. The normalized spacial score (nSPS) is 18.8. The minimum absolute atomic E-state index is 0.140. The van der Waals surface area contributed by atoms with Gasteiger partial charge < -0.3 is 32.1 Å². The summed E-state index contributed by atoms with van der Waals surface area (Å²) in [6, 6.07) is 7.82. The first-order chi connectivity index (χ1) is 17.4. The van der Waals surface area contributed by atoms with Crippen LogP contribution in [-0.2, 0) is 32.1 Å². The molecular formula is C27H35N5O5. The van der Waals surface area contributed by atoms with Crippen LogP contribution in [0.25, 0.3) is 0 Å². The minimum atomic E-state index is -0.969. The molecule has 1 heterocycles. The summed E-state index contributed by atoms with van der Waals surface area (Å²) in [6.45, 7) is 6.92. The van der Waals surface area contributed by atoms with Crippen molar-refractivity contribution in [1.29, 1.82) is 0 Å². The number of hydrogen-bond donors (Lipinski definition) is 5. The molecule has 198 valence electrons. The maximum atomic E-state index is 13.3. The second-order valence-electron chi connectivity index (χ2n) is 9.73. The van der Waals surface area contributed by atoms with E-state index in [1.54, 1.807) is 12.1 Å². The first-order valence-electron chi connectivity index (χ1n) is 12.2. The Morgan fingerprint density at radius 2 is 1.76 bits per heavy atom. The van der Waals surface area contributed by atoms with Gasteiger partial charge in [0.05, 0.1) is 12.6 Å². The second kappa shape index (κ2) is 11.4. The fourth-order valence-corrected chi connectivity index (χ4v) is 4.77. The monoisotopic (exact) mass is 509 g/mol. The van der Waals surface area contributed by atoms with Crippen LogP contribution < -0.4 is 22.1 Å². The molecule has 0 aromatic heterocycles. The molecule has 2 aromatic rings. The number of fused-ring (bicyclic) bond motifs is 1. The molecule has 0 bridgehead atoms. The van der Waals surface area contributed by atoms with Gasteiger partial charge in [-0.1, -0.05) is 31.2 Å². The van der Waals surface area contributed by atoms with Crippen LogP contribution in [0.2, 0.25) is 0 Å². The molecule has 1 aliphatic heterocycles. The molecule has 0 saturated heterocycles. The number of phenols is 1. The zero-order valence-electron chi connectivity index (χ0n) is 21.6. The van der Waals surface area contributed by atoms with Crippen LogP contribution >= 0.6 is 0 Å². The number of aromatic hydroxyl groups is 1. The Hall–Kier alpha value is -3.92. The summed E-state index contributed by atoms with van der Waals surface area (Å²) in [4.78, 5) is 52.1. The highest BCUT2D eigenvalue weighted by Crippen LogP contribution is 2.29. The molecule has 0 spiro atoms. The third-order valence-electron chi connectivity index (χ3n) is 6.82. The summed E-state index contributed by atoms with van der Waals surface area (Å²) in [5.41, 5.74) is 15.7. The number of nitrogens with one attached hydrogen (secondary N) is 2. The summed E-state index contributed by atoms with van der Waals surface area (Å²) in [7, 11) is 0. The van der Waals surface area contributed by atoms with Crippen molar-refractivity contribution in [3.63, 3.8) is 0 Å². The van der Waals surface area contributed by atoms with Crippen LogP contribution in [0.15, 0.2) is 36.4 Å². The van der Waals surface area contributed by atoms with Crippen LogP contribution in [0.4, 0.5) is 0 Å². The van der Waals surface area contributed by atoms with Crippen LogP contribution in [0, 0.1) is 13.8 Å². The van der Waals surface area contributed by atoms with E-state index in [1.807, 2.05) is 45.0 Å². The highest BCUT2D eigenvalue weighted by molar-refractivity contribution is 5.94. The summed E-state index contributed by atoms with van der Waals surface area (Å²) in [6.07, 6.45) is 0.231. The zero-order chi connectivity index (χ0) is 27.4. The summed E-state index contributed by atoms with van der Waals surface area (Å²) < 4.78 is 0. The van der Waals surface area contributed by atoms with E-state index < -0.39 is 41.8 Å². The lowest BCUT2D eigenvalue weighted by atomic mass is 9.90. The van der Waals surface area contributed by atoms with Gasteiger partial charge in [0.1, 0.15) is 17.8 Å². The molecule has 0 saturated carbocycles. The van der Waals surface area contributed by atoms with E-state index in [-0.39, 0.29) is 31.2 Å². The molecule has 10 heteroatoms. The number of carbonyl (C=O) groups excluding carboxylic acids is 4. The predicted octanol–water partition coefficient (Wildman–Crippen LogP) is 0.500. The average molecular weight is 510 g/mol. The zero-order valence-corrected chi connectivity index (χ0v) is 21.6. The van der Waals surface area contributed by atoms with Crippen LogP contribution in [0.5, 0.6) is 5.75 Å². The van der Waals surface area contributed by atoms with Gasteiger partial charge in [-0.15, -0.1) is 0 Å². The topological polar surface area (TPSA) is 168 Å². The molecule has 37 heavy (non-hydrogen) atoms. The number of rotatable bonds is 8. The maximum absolute atomic E-state index is 13.3. The van der Waals surface area contributed by atoms with E-state index in [2.05, 4.69) is 10.6 Å². The van der Waals surface area contributed by atoms with Gasteiger partial charge in [0.15, 0.2) is 0 Å². The van der Waals surface area contributed by atoms with Crippen molar-refractivity contribution in [2.24, 2.45) is 11.5 Å². The number of carbonyl (C=O) groups is 4. The van der Waals surface area contributed by atoms with Crippen molar-refractivity contribution in [2.75, 3.05) is 6.54 Å². The van der Waals surface area contributed by atoms with Crippen LogP contribution in [0.3, 0.4) is 0 Å². The Labute approximate surface area is 216 Å². The Kier molecular flexibility index (Phi) is 8.54. The number of amides is 4. The predicted molar refractivity (Wildman–Crippen MR) is 138 cm³/mol. The van der Waals surface area contributed by atoms with E-state index in [0.29, 0.717) is 0 Å². The Balaban J connectivity index is 1.71. The number of nitrogens with two attached hydrogens (primary N) is 2. The average Bonchev–Trinajstić information content (AvgIpc) is 2.91. The first-order valence-corrected chi connectivity index (χ1v) is 12.2. The van der Waals surface area contributed by atoms with Crippen molar-refractivity contribution in [3.05, 3.63) is 64.2 Å².